The lowest BCUT2D eigenvalue weighted by Crippen LogP contribution is -2.30. The van der Waals surface area contributed by atoms with E-state index in [0.29, 0.717) is 12.1 Å². The van der Waals surface area contributed by atoms with Gasteiger partial charge in [-0.15, -0.1) is 0 Å². The number of benzene rings is 1. The highest BCUT2D eigenvalue weighted by Gasteiger charge is 2.07. The van der Waals surface area contributed by atoms with Crippen molar-refractivity contribution in [2.75, 3.05) is 20.1 Å². The largest absolute Gasteiger partial charge is 0.351 e. The Morgan fingerprint density at radius 2 is 2.24 bits per heavy atom. The maximum Gasteiger partial charge on any atom is 0.251 e. The van der Waals surface area contributed by atoms with Gasteiger partial charge in [0.05, 0.1) is 17.4 Å². The fourth-order valence-corrected chi connectivity index (χ4v) is 1.68. The molecule has 0 aliphatic carbocycles. The maximum atomic E-state index is 11.8. The van der Waals surface area contributed by atoms with Crippen molar-refractivity contribution in [2.24, 2.45) is 7.05 Å². The van der Waals surface area contributed by atoms with Crippen molar-refractivity contribution < 1.29 is 4.79 Å². The van der Waals surface area contributed by atoms with Crippen LogP contribution in [-0.2, 0) is 7.05 Å². The van der Waals surface area contributed by atoms with Crippen molar-refractivity contribution in [1.82, 2.24) is 20.2 Å². The van der Waals surface area contributed by atoms with Gasteiger partial charge in [-0.2, -0.15) is 0 Å². The number of carbonyl (C=O) groups is 1. The Morgan fingerprint density at radius 1 is 1.41 bits per heavy atom. The van der Waals surface area contributed by atoms with Gasteiger partial charge in [0.25, 0.3) is 5.91 Å². The van der Waals surface area contributed by atoms with Crippen LogP contribution in [0.15, 0.2) is 24.5 Å². The molecule has 1 amide bonds. The molecule has 0 unspecified atom stereocenters. The summed E-state index contributed by atoms with van der Waals surface area (Å²) >= 11 is 0. The summed E-state index contributed by atoms with van der Waals surface area (Å²) < 4.78 is 1.93. The Bertz CT molecular complexity index is 532. The van der Waals surface area contributed by atoms with Crippen molar-refractivity contribution in [1.29, 1.82) is 0 Å². The molecule has 1 aromatic carbocycles. The average Bonchev–Trinajstić information content (AvgIpc) is 2.71. The molecule has 1 heterocycles. The highest BCUT2D eigenvalue weighted by molar-refractivity contribution is 5.97. The molecule has 0 radical (unpaired) electrons. The molecule has 0 saturated carbocycles. The molecule has 2 N–H and O–H groups in total. The monoisotopic (exact) mass is 232 g/mol. The third-order valence-electron chi connectivity index (χ3n) is 2.65. The Hall–Kier alpha value is -1.88. The summed E-state index contributed by atoms with van der Waals surface area (Å²) in [5.41, 5.74) is 2.51. The SMILES string of the molecule is CNCCNC(=O)c1ccc2c(c1)ncn2C. The van der Waals surface area contributed by atoms with Gasteiger partial charge < -0.3 is 15.2 Å². The van der Waals surface area contributed by atoms with Crippen LogP contribution >= 0.6 is 0 Å². The molecule has 0 saturated heterocycles. The second kappa shape index (κ2) is 4.97. The minimum atomic E-state index is -0.0622. The molecule has 2 rings (SSSR count). The summed E-state index contributed by atoms with van der Waals surface area (Å²) in [7, 11) is 3.79. The van der Waals surface area contributed by atoms with Gasteiger partial charge >= 0.3 is 0 Å². The fraction of sp³-hybridized carbons (Fsp3) is 0.333. The number of fused-ring (bicyclic) bond motifs is 1. The lowest BCUT2D eigenvalue weighted by molar-refractivity contribution is 0.0954. The van der Waals surface area contributed by atoms with Gasteiger partial charge in [-0.25, -0.2) is 4.98 Å². The van der Waals surface area contributed by atoms with Crippen LogP contribution < -0.4 is 10.6 Å². The summed E-state index contributed by atoms with van der Waals surface area (Å²) in [6, 6.07) is 5.54. The Labute approximate surface area is 99.8 Å². The molecule has 1 aromatic heterocycles. The van der Waals surface area contributed by atoms with Crippen LogP contribution in [-0.4, -0.2) is 35.6 Å². The van der Waals surface area contributed by atoms with Crippen molar-refractivity contribution in [3.8, 4) is 0 Å². The zero-order chi connectivity index (χ0) is 12.3. The normalized spacial score (nSPS) is 10.7. The summed E-state index contributed by atoms with van der Waals surface area (Å²) in [5.74, 6) is -0.0622. The quantitative estimate of drug-likeness (QED) is 0.756. The van der Waals surface area contributed by atoms with E-state index >= 15 is 0 Å². The topological polar surface area (TPSA) is 58.9 Å². The van der Waals surface area contributed by atoms with Crippen LogP contribution in [0.3, 0.4) is 0 Å². The summed E-state index contributed by atoms with van der Waals surface area (Å²) in [4.78, 5) is 16.0. The smallest absolute Gasteiger partial charge is 0.251 e. The molecular formula is C12H16N4O. The predicted octanol–water partition coefficient (Wildman–Crippen LogP) is 0.522. The molecule has 90 valence electrons. The van der Waals surface area contributed by atoms with E-state index in [1.165, 1.54) is 0 Å². The zero-order valence-electron chi connectivity index (χ0n) is 10.0. The van der Waals surface area contributed by atoms with Gasteiger partial charge in [0, 0.05) is 25.7 Å². The minimum Gasteiger partial charge on any atom is -0.351 e. The zero-order valence-corrected chi connectivity index (χ0v) is 10.0. The summed E-state index contributed by atoms with van der Waals surface area (Å²) in [6.45, 7) is 1.38. The van der Waals surface area contributed by atoms with E-state index in [9.17, 15) is 4.79 Å². The molecule has 17 heavy (non-hydrogen) atoms. The van der Waals surface area contributed by atoms with Crippen LogP contribution in [0.25, 0.3) is 11.0 Å². The number of hydrogen-bond donors (Lipinski definition) is 2. The second-order valence-corrected chi connectivity index (χ2v) is 3.92. The van der Waals surface area contributed by atoms with E-state index in [1.807, 2.05) is 36.9 Å². The summed E-state index contributed by atoms with van der Waals surface area (Å²) in [6.07, 6.45) is 1.74. The lowest BCUT2D eigenvalue weighted by Gasteiger charge is -2.04. The first-order valence-corrected chi connectivity index (χ1v) is 5.56. The molecule has 0 bridgehead atoms. The fourth-order valence-electron chi connectivity index (χ4n) is 1.68. The van der Waals surface area contributed by atoms with Crippen molar-refractivity contribution in [2.45, 2.75) is 0 Å². The molecule has 0 aliphatic rings. The van der Waals surface area contributed by atoms with Crippen LogP contribution in [0.5, 0.6) is 0 Å². The van der Waals surface area contributed by atoms with Crippen molar-refractivity contribution in [3.05, 3.63) is 30.1 Å². The number of hydrogen-bond acceptors (Lipinski definition) is 3. The van der Waals surface area contributed by atoms with Gasteiger partial charge in [-0.1, -0.05) is 0 Å². The van der Waals surface area contributed by atoms with Gasteiger partial charge in [0.15, 0.2) is 0 Å². The van der Waals surface area contributed by atoms with E-state index in [2.05, 4.69) is 15.6 Å². The number of amides is 1. The molecule has 0 fully saturated rings. The summed E-state index contributed by atoms with van der Waals surface area (Å²) in [5, 5.41) is 5.81. The van der Waals surface area contributed by atoms with Gasteiger partial charge in [0.2, 0.25) is 0 Å². The molecule has 0 spiro atoms. The van der Waals surface area contributed by atoms with Gasteiger partial charge in [-0.05, 0) is 25.2 Å². The number of aromatic nitrogens is 2. The number of imidazole rings is 1. The van der Waals surface area contributed by atoms with Crippen LogP contribution in [0.1, 0.15) is 10.4 Å². The number of likely N-dealkylation sites (N-methyl/N-ethyl adjacent to an activating group) is 1. The van der Waals surface area contributed by atoms with Crippen molar-refractivity contribution >= 4 is 16.9 Å². The number of nitrogens with zero attached hydrogens (tertiary/aromatic N) is 2. The number of carbonyl (C=O) groups excluding carboxylic acids is 1. The number of aryl methyl sites for hydroxylation is 1. The minimum absolute atomic E-state index is 0.0622. The molecule has 2 aromatic rings. The van der Waals surface area contributed by atoms with Crippen LogP contribution in [0.2, 0.25) is 0 Å². The van der Waals surface area contributed by atoms with E-state index in [-0.39, 0.29) is 5.91 Å². The lowest BCUT2D eigenvalue weighted by atomic mass is 10.2. The molecule has 5 heteroatoms. The van der Waals surface area contributed by atoms with Gasteiger partial charge in [0.1, 0.15) is 0 Å². The van der Waals surface area contributed by atoms with E-state index in [1.54, 1.807) is 6.33 Å². The predicted molar refractivity (Wildman–Crippen MR) is 67.0 cm³/mol. The first-order chi connectivity index (χ1) is 8.22. The highest BCUT2D eigenvalue weighted by atomic mass is 16.1. The van der Waals surface area contributed by atoms with Gasteiger partial charge in [-0.3, -0.25) is 4.79 Å². The number of rotatable bonds is 4. The van der Waals surface area contributed by atoms with Crippen molar-refractivity contribution in [3.63, 3.8) is 0 Å². The Balaban J connectivity index is 2.15. The molecular weight excluding hydrogens is 216 g/mol. The average molecular weight is 232 g/mol. The first kappa shape index (κ1) is 11.6. The Kier molecular flexibility index (Phi) is 3.39. The third kappa shape index (κ3) is 2.45. The molecule has 5 nitrogen and oxygen atoms in total. The number of nitrogens with one attached hydrogen (secondary N) is 2. The molecule has 0 atom stereocenters. The maximum absolute atomic E-state index is 11.8. The van der Waals surface area contributed by atoms with Crippen LogP contribution in [0.4, 0.5) is 0 Å². The third-order valence-corrected chi connectivity index (χ3v) is 2.65. The standard InChI is InChI=1S/C12H16N4O/c1-13-5-6-14-12(17)9-3-4-11-10(7-9)15-8-16(11)2/h3-4,7-8,13H,5-6H2,1-2H3,(H,14,17). The first-order valence-electron chi connectivity index (χ1n) is 5.56. The van der Waals surface area contributed by atoms with Crippen LogP contribution in [0, 0.1) is 0 Å². The van der Waals surface area contributed by atoms with E-state index in [0.717, 1.165) is 17.6 Å². The van der Waals surface area contributed by atoms with E-state index < -0.39 is 0 Å². The van der Waals surface area contributed by atoms with E-state index in [4.69, 9.17) is 0 Å². The molecule has 0 aliphatic heterocycles. The second-order valence-electron chi connectivity index (χ2n) is 3.92. The highest BCUT2D eigenvalue weighted by Crippen LogP contribution is 2.13. The Morgan fingerprint density at radius 3 is 3.00 bits per heavy atom.